The second kappa shape index (κ2) is 6.74. The third kappa shape index (κ3) is 3.83. The Morgan fingerprint density at radius 1 is 1.43 bits per heavy atom. The van der Waals surface area contributed by atoms with Gasteiger partial charge in [-0.3, -0.25) is 9.48 Å². The van der Waals surface area contributed by atoms with Crippen LogP contribution in [0.4, 0.5) is 0 Å². The predicted molar refractivity (Wildman–Crippen MR) is 77.8 cm³/mol. The van der Waals surface area contributed by atoms with Crippen molar-refractivity contribution >= 4 is 11.9 Å². The van der Waals surface area contributed by atoms with Gasteiger partial charge in [-0.2, -0.15) is 5.10 Å². The highest BCUT2D eigenvalue weighted by atomic mass is 16.5. The van der Waals surface area contributed by atoms with E-state index < -0.39 is 5.97 Å². The van der Waals surface area contributed by atoms with Crippen LogP contribution in [0.15, 0.2) is 6.20 Å². The average molecular weight is 293 g/mol. The molecule has 0 spiro atoms. The van der Waals surface area contributed by atoms with Crippen molar-refractivity contribution < 1.29 is 14.3 Å². The van der Waals surface area contributed by atoms with Crippen molar-refractivity contribution in [3.05, 3.63) is 17.5 Å². The number of esters is 1. The highest BCUT2D eigenvalue weighted by Gasteiger charge is 2.23. The summed E-state index contributed by atoms with van der Waals surface area (Å²) in [5.41, 5.74) is 1.12. The summed E-state index contributed by atoms with van der Waals surface area (Å²) >= 11 is 0. The first-order chi connectivity index (χ1) is 9.99. The zero-order chi connectivity index (χ0) is 15.4. The number of carbonyl (C=O) groups is 2. The molecule has 1 N–H and O–H groups in total. The molecule has 1 aliphatic carbocycles. The Kier molecular flexibility index (Phi) is 4.98. The number of hydrogen-bond acceptors (Lipinski definition) is 4. The smallest absolute Gasteiger partial charge is 0.342 e. The van der Waals surface area contributed by atoms with Crippen molar-refractivity contribution in [1.82, 2.24) is 15.1 Å². The maximum atomic E-state index is 11.9. The van der Waals surface area contributed by atoms with Crippen molar-refractivity contribution in [2.45, 2.75) is 45.6 Å². The number of ether oxygens (including phenoxy) is 1. The first-order valence-corrected chi connectivity index (χ1v) is 7.44. The number of hydrogen-bond donors (Lipinski definition) is 1. The molecule has 1 aromatic heterocycles. The summed E-state index contributed by atoms with van der Waals surface area (Å²) in [6, 6.07) is 0.199. The summed E-state index contributed by atoms with van der Waals surface area (Å²) in [5, 5.41) is 6.94. The van der Waals surface area contributed by atoms with Crippen molar-refractivity contribution in [3.8, 4) is 0 Å². The molecule has 0 aliphatic heterocycles. The molecule has 6 heteroatoms. The number of aromatic nitrogens is 2. The minimum Gasteiger partial charge on any atom is -0.452 e. The largest absolute Gasteiger partial charge is 0.452 e. The molecule has 1 aromatic rings. The molecule has 0 radical (unpaired) electrons. The van der Waals surface area contributed by atoms with Crippen LogP contribution in [0.5, 0.6) is 0 Å². The summed E-state index contributed by atoms with van der Waals surface area (Å²) in [6.07, 6.45) is 5.97. The summed E-state index contributed by atoms with van der Waals surface area (Å²) in [7, 11) is 1.75. The maximum absolute atomic E-state index is 11.9. The van der Waals surface area contributed by atoms with Crippen LogP contribution < -0.4 is 5.32 Å². The molecule has 6 nitrogen and oxygen atoms in total. The van der Waals surface area contributed by atoms with E-state index in [1.165, 1.54) is 12.6 Å². The zero-order valence-corrected chi connectivity index (χ0v) is 12.9. The molecular weight excluding hydrogens is 270 g/mol. The van der Waals surface area contributed by atoms with E-state index in [0.29, 0.717) is 11.5 Å². The normalized spacial score (nSPS) is 21.9. The third-order valence-electron chi connectivity index (χ3n) is 4.25. The van der Waals surface area contributed by atoms with Gasteiger partial charge in [0.25, 0.3) is 5.91 Å². The van der Waals surface area contributed by atoms with Crippen molar-refractivity contribution in [2.75, 3.05) is 6.61 Å². The minimum absolute atomic E-state index is 0.199. The number of nitrogens with one attached hydrogen (secondary N) is 1. The molecule has 1 aliphatic rings. The van der Waals surface area contributed by atoms with Gasteiger partial charge in [0.05, 0.1) is 6.20 Å². The highest BCUT2D eigenvalue weighted by Crippen LogP contribution is 2.23. The van der Waals surface area contributed by atoms with Gasteiger partial charge in [-0.15, -0.1) is 0 Å². The molecule has 2 atom stereocenters. The lowest BCUT2D eigenvalue weighted by atomic mass is 9.86. The van der Waals surface area contributed by atoms with Crippen LogP contribution in [0.3, 0.4) is 0 Å². The van der Waals surface area contributed by atoms with Crippen LogP contribution in [0, 0.1) is 12.8 Å². The van der Waals surface area contributed by atoms with Crippen LogP contribution in [-0.2, 0) is 16.6 Å². The molecule has 2 rings (SSSR count). The molecule has 1 fully saturated rings. The lowest BCUT2D eigenvalue weighted by Crippen LogP contribution is -2.42. The molecule has 0 bridgehead atoms. The molecule has 1 heterocycles. The minimum atomic E-state index is -0.507. The number of aryl methyl sites for hydroxylation is 1. The summed E-state index contributed by atoms with van der Waals surface area (Å²) in [5.74, 6) is -0.255. The predicted octanol–water partition coefficient (Wildman–Crippen LogP) is 1.58. The fraction of sp³-hybridized carbons (Fsp3) is 0.667. The Hall–Kier alpha value is -1.85. The second-order valence-electron chi connectivity index (χ2n) is 5.78. The van der Waals surface area contributed by atoms with Gasteiger partial charge >= 0.3 is 5.97 Å². The van der Waals surface area contributed by atoms with Crippen molar-refractivity contribution in [1.29, 1.82) is 0 Å². The van der Waals surface area contributed by atoms with Crippen LogP contribution in [0.25, 0.3) is 0 Å². The van der Waals surface area contributed by atoms with Gasteiger partial charge in [0.15, 0.2) is 6.61 Å². The van der Waals surface area contributed by atoms with E-state index in [9.17, 15) is 9.59 Å². The highest BCUT2D eigenvalue weighted by molar-refractivity contribution is 5.92. The molecule has 116 valence electrons. The Balaban J connectivity index is 1.81. The van der Waals surface area contributed by atoms with Gasteiger partial charge in [0.2, 0.25) is 0 Å². The standard InChI is InChI=1S/C15H23N3O3/c1-10-6-4-5-7-13(10)17-14(19)9-21-15(20)12-8-16-18(3)11(12)2/h8,10,13H,4-7,9H2,1-3H3,(H,17,19)/t10-,13-/m0/s1. The van der Waals surface area contributed by atoms with Crippen LogP contribution in [-0.4, -0.2) is 34.3 Å². The molecule has 1 amide bonds. The fourth-order valence-corrected chi connectivity index (χ4v) is 2.69. The van der Waals surface area contributed by atoms with Gasteiger partial charge in [0.1, 0.15) is 5.56 Å². The average Bonchev–Trinajstić information content (AvgIpc) is 2.79. The SMILES string of the molecule is Cc1c(C(=O)OCC(=O)N[C@H]2CCCC[C@@H]2C)cnn1C. The Morgan fingerprint density at radius 3 is 2.76 bits per heavy atom. The number of nitrogens with zero attached hydrogens (tertiary/aromatic N) is 2. The lowest BCUT2D eigenvalue weighted by Gasteiger charge is -2.29. The first-order valence-electron chi connectivity index (χ1n) is 7.44. The van der Waals surface area contributed by atoms with E-state index >= 15 is 0 Å². The van der Waals surface area contributed by atoms with Gasteiger partial charge in [-0.1, -0.05) is 19.8 Å². The Morgan fingerprint density at radius 2 is 2.14 bits per heavy atom. The second-order valence-corrected chi connectivity index (χ2v) is 5.78. The lowest BCUT2D eigenvalue weighted by molar-refractivity contribution is -0.125. The van der Waals surface area contributed by atoms with E-state index in [-0.39, 0.29) is 18.6 Å². The van der Waals surface area contributed by atoms with Crippen LogP contribution >= 0.6 is 0 Å². The topological polar surface area (TPSA) is 73.2 Å². The van der Waals surface area contributed by atoms with E-state index in [1.807, 2.05) is 0 Å². The van der Waals surface area contributed by atoms with Gasteiger partial charge < -0.3 is 10.1 Å². The Bertz CT molecular complexity index is 524. The van der Waals surface area contributed by atoms with E-state index in [4.69, 9.17) is 4.74 Å². The summed E-state index contributed by atoms with van der Waals surface area (Å²) in [4.78, 5) is 23.8. The van der Waals surface area contributed by atoms with Gasteiger partial charge in [-0.25, -0.2) is 4.79 Å². The summed E-state index contributed by atoms with van der Waals surface area (Å²) < 4.78 is 6.65. The van der Waals surface area contributed by atoms with Crippen LogP contribution in [0.1, 0.15) is 48.7 Å². The molecular formula is C15H23N3O3. The zero-order valence-electron chi connectivity index (χ0n) is 12.9. The molecule has 0 aromatic carbocycles. The van der Waals surface area contributed by atoms with Gasteiger partial charge in [0, 0.05) is 18.8 Å². The quantitative estimate of drug-likeness (QED) is 0.855. The Labute approximate surface area is 124 Å². The van der Waals surface area contributed by atoms with Crippen molar-refractivity contribution in [2.24, 2.45) is 13.0 Å². The molecule has 1 saturated carbocycles. The number of rotatable bonds is 4. The van der Waals surface area contributed by atoms with Gasteiger partial charge in [-0.05, 0) is 25.7 Å². The first kappa shape index (κ1) is 15.5. The van der Waals surface area contributed by atoms with Crippen molar-refractivity contribution in [3.63, 3.8) is 0 Å². The fourth-order valence-electron chi connectivity index (χ4n) is 2.69. The number of carbonyl (C=O) groups excluding carboxylic acids is 2. The monoisotopic (exact) mass is 293 g/mol. The van der Waals surface area contributed by atoms with E-state index in [0.717, 1.165) is 25.0 Å². The summed E-state index contributed by atoms with van der Waals surface area (Å²) in [6.45, 7) is 3.69. The molecule has 0 unspecified atom stereocenters. The van der Waals surface area contributed by atoms with E-state index in [1.54, 1.807) is 18.7 Å². The maximum Gasteiger partial charge on any atom is 0.342 e. The molecule has 21 heavy (non-hydrogen) atoms. The molecule has 0 saturated heterocycles. The number of amides is 1. The van der Waals surface area contributed by atoms with Crippen LogP contribution in [0.2, 0.25) is 0 Å². The third-order valence-corrected chi connectivity index (χ3v) is 4.25. The van der Waals surface area contributed by atoms with E-state index in [2.05, 4.69) is 17.3 Å².